The highest BCUT2D eigenvalue weighted by molar-refractivity contribution is 9.10. The van der Waals surface area contributed by atoms with E-state index < -0.39 is 0 Å². The highest BCUT2D eigenvalue weighted by Gasteiger charge is 2.12. The van der Waals surface area contributed by atoms with Crippen LogP contribution in [0.2, 0.25) is 0 Å². The number of carbonyl (C=O) groups excluding carboxylic acids is 1. The van der Waals surface area contributed by atoms with Gasteiger partial charge in [0.25, 0.3) is 5.91 Å². The first-order valence-electron chi connectivity index (χ1n) is 8.08. The van der Waals surface area contributed by atoms with Gasteiger partial charge in [0, 0.05) is 5.56 Å². The molecule has 0 aliphatic carbocycles. The minimum absolute atomic E-state index is 0.191. The van der Waals surface area contributed by atoms with Crippen LogP contribution < -0.4 is 20.1 Å². The molecule has 1 amide bonds. The molecule has 0 heterocycles. The fourth-order valence-electron chi connectivity index (χ4n) is 2.09. The molecular weight excluding hydrogens is 416 g/mol. The Kier molecular flexibility index (Phi) is 7.41. The average molecular weight is 437 g/mol. The summed E-state index contributed by atoms with van der Waals surface area (Å²) >= 11 is 8.65. The number of thiocarbonyl (C=S) groups is 1. The van der Waals surface area contributed by atoms with Gasteiger partial charge in [-0.15, -0.1) is 0 Å². The molecule has 0 atom stereocenters. The van der Waals surface area contributed by atoms with Crippen molar-refractivity contribution in [3.8, 4) is 11.5 Å². The maximum Gasteiger partial charge on any atom is 0.257 e. The van der Waals surface area contributed by atoms with Crippen LogP contribution in [-0.2, 0) is 0 Å². The van der Waals surface area contributed by atoms with E-state index in [-0.39, 0.29) is 11.0 Å². The summed E-state index contributed by atoms with van der Waals surface area (Å²) in [5, 5.41) is 5.81. The smallest absolute Gasteiger partial charge is 0.257 e. The van der Waals surface area contributed by atoms with Crippen molar-refractivity contribution in [3.05, 3.63) is 52.5 Å². The van der Waals surface area contributed by atoms with E-state index in [9.17, 15) is 4.79 Å². The van der Waals surface area contributed by atoms with Crippen LogP contribution in [0.5, 0.6) is 11.5 Å². The largest absolute Gasteiger partial charge is 0.495 e. The van der Waals surface area contributed by atoms with Crippen LogP contribution in [0.1, 0.15) is 24.2 Å². The lowest BCUT2D eigenvalue weighted by atomic mass is 10.2. The van der Waals surface area contributed by atoms with E-state index in [1.54, 1.807) is 31.4 Å². The summed E-state index contributed by atoms with van der Waals surface area (Å²) in [6.45, 7) is 4.76. The van der Waals surface area contributed by atoms with Gasteiger partial charge < -0.3 is 14.8 Å². The Morgan fingerprint density at radius 3 is 2.58 bits per heavy atom. The molecule has 0 fully saturated rings. The quantitative estimate of drug-likeness (QED) is 0.646. The summed E-state index contributed by atoms with van der Waals surface area (Å²) in [6, 6.07) is 12.5. The van der Waals surface area contributed by atoms with Gasteiger partial charge in [0.15, 0.2) is 5.11 Å². The molecule has 5 nitrogen and oxygen atoms in total. The first kappa shape index (κ1) is 20.2. The van der Waals surface area contributed by atoms with Gasteiger partial charge in [-0.1, -0.05) is 26.0 Å². The molecule has 0 aromatic heterocycles. The number of nitrogens with one attached hydrogen (secondary N) is 2. The summed E-state index contributed by atoms with van der Waals surface area (Å²) in [6.07, 6.45) is 0. The Morgan fingerprint density at radius 1 is 1.19 bits per heavy atom. The molecule has 0 saturated heterocycles. The standard InChI is InChI=1S/C19H21BrN2O3S/c1-12(2)11-25-16-9-8-13(10-14(16)20)18(23)22-19(26)21-15-6-4-5-7-17(15)24-3/h4-10,12H,11H2,1-3H3,(H2,21,22,23,26). The van der Waals surface area contributed by atoms with Gasteiger partial charge in [-0.3, -0.25) is 10.1 Å². The summed E-state index contributed by atoms with van der Waals surface area (Å²) < 4.78 is 11.7. The van der Waals surface area contributed by atoms with Crippen LogP contribution in [0, 0.1) is 5.92 Å². The Bertz CT molecular complexity index is 796. The minimum atomic E-state index is -0.312. The number of carbonyl (C=O) groups is 1. The highest BCUT2D eigenvalue weighted by atomic mass is 79.9. The number of ether oxygens (including phenoxy) is 2. The van der Waals surface area contributed by atoms with E-state index in [2.05, 4.69) is 40.4 Å². The number of rotatable bonds is 6. The molecule has 0 radical (unpaired) electrons. The second-order valence-corrected chi connectivity index (χ2v) is 7.22. The molecule has 0 spiro atoms. The van der Waals surface area contributed by atoms with Crippen LogP contribution in [-0.4, -0.2) is 24.7 Å². The van der Waals surface area contributed by atoms with Crippen LogP contribution >= 0.6 is 28.1 Å². The van der Waals surface area contributed by atoms with Crippen molar-refractivity contribution >= 4 is 44.9 Å². The Hall–Kier alpha value is -2.12. The van der Waals surface area contributed by atoms with Gasteiger partial charge in [0.1, 0.15) is 11.5 Å². The summed E-state index contributed by atoms with van der Waals surface area (Å²) in [7, 11) is 1.57. The number of hydrogen-bond donors (Lipinski definition) is 2. The molecule has 0 saturated carbocycles. The van der Waals surface area contributed by atoms with Crippen molar-refractivity contribution < 1.29 is 14.3 Å². The summed E-state index contributed by atoms with van der Waals surface area (Å²) in [4.78, 5) is 12.4. The molecule has 0 bridgehead atoms. The third-order valence-electron chi connectivity index (χ3n) is 3.35. The molecule has 2 aromatic rings. The fourth-order valence-corrected chi connectivity index (χ4v) is 2.79. The number of methoxy groups -OCH3 is 1. The SMILES string of the molecule is COc1ccccc1NC(=S)NC(=O)c1ccc(OCC(C)C)c(Br)c1. The third kappa shape index (κ3) is 5.71. The second-order valence-electron chi connectivity index (χ2n) is 5.96. The molecule has 138 valence electrons. The van der Waals surface area contributed by atoms with Crippen molar-refractivity contribution in [1.82, 2.24) is 5.32 Å². The molecule has 2 N–H and O–H groups in total. The van der Waals surface area contributed by atoms with Crippen molar-refractivity contribution in [2.24, 2.45) is 5.92 Å². The lowest BCUT2D eigenvalue weighted by molar-refractivity contribution is 0.0977. The number of halogens is 1. The topological polar surface area (TPSA) is 59.6 Å². The maximum atomic E-state index is 12.4. The van der Waals surface area contributed by atoms with E-state index in [1.807, 2.05) is 18.2 Å². The first-order chi connectivity index (χ1) is 12.4. The predicted molar refractivity (Wildman–Crippen MR) is 111 cm³/mol. The van der Waals surface area contributed by atoms with Gasteiger partial charge in [-0.05, 0) is 64.4 Å². The van der Waals surface area contributed by atoms with Gasteiger partial charge >= 0.3 is 0 Å². The van der Waals surface area contributed by atoms with Crippen molar-refractivity contribution in [3.63, 3.8) is 0 Å². The molecule has 0 aliphatic heterocycles. The maximum absolute atomic E-state index is 12.4. The van der Waals surface area contributed by atoms with Gasteiger partial charge in [0.05, 0.1) is 23.9 Å². The molecule has 2 aromatic carbocycles. The zero-order valence-electron chi connectivity index (χ0n) is 14.8. The number of hydrogen-bond acceptors (Lipinski definition) is 4. The zero-order chi connectivity index (χ0) is 19.1. The Labute approximate surface area is 167 Å². The molecular formula is C19H21BrN2O3S. The lowest BCUT2D eigenvalue weighted by Crippen LogP contribution is -2.34. The molecule has 0 aliphatic rings. The van der Waals surface area contributed by atoms with E-state index >= 15 is 0 Å². The average Bonchev–Trinajstić information content (AvgIpc) is 2.60. The Balaban J connectivity index is 2.00. The van der Waals surface area contributed by atoms with Crippen LogP contribution in [0.4, 0.5) is 5.69 Å². The predicted octanol–water partition coefficient (Wildman–Crippen LogP) is 4.62. The van der Waals surface area contributed by atoms with Crippen molar-refractivity contribution in [2.75, 3.05) is 19.0 Å². The fraction of sp³-hybridized carbons (Fsp3) is 0.263. The number of para-hydroxylation sites is 2. The van der Waals surface area contributed by atoms with Crippen molar-refractivity contribution in [2.45, 2.75) is 13.8 Å². The monoisotopic (exact) mass is 436 g/mol. The van der Waals surface area contributed by atoms with Gasteiger partial charge in [-0.2, -0.15) is 0 Å². The van der Waals surface area contributed by atoms with E-state index in [1.165, 1.54) is 0 Å². The molecule has 2 rings (SSSR count). The number of anilines is 1. The normalized spacial score (nSPS) is 10.3. The summed E-state index contributed by atoms with van der Waals surface area (Å²) in [5.41, 5.74) is 1.15. The van der Waals surface area contributed by atoms with Crippen molar-refractivity contribution in [1.29, 1.82) is 0 Å². The number of benzene rings is 2. The van der Waals surface area contributed by atoms with Crippen LogP contribution in [0.3, 0.4) is 0 Å². The Morgan fingerprint density at radius 2 is 1.92 bits per heavy atom. The lowest BCUT2D eigenvalue weighted by Gasteiger charge is -2.13. The summed E-state index contributed by atoms with van der Waals surface area (Å²) in [5.74, 6) is 1.44. The minimum Gasteiger partial charge on any atom is -0.495 e. The number of amides is 1. The van der Waals surface area contributed by atoms with Gasteiger partial charge in [0.2, 0.25) is 0 Å². The van der Waals surface area contributed by atoms with Crippen LogP contribution in [0.15, 0.2) is 46.9 Å². The van der Waals surface area contributed by atoms with E-state index in [4.69, 9.17) is 21.7 Å². The van der Waals surface area contributed by atoms with E-state index in [0.29, 0.717) is 35.3 Å². The molecule has 0 unspecified atom stereocenters. The van der Waals surface area contributed by atoms with E-state index in [0.717, 1.165) is 4.47 Å². The highest BCUT2D eigenvalue weighted by Crippen LogP contribution is 2.27. The first-order valence-corrected chi connectivity index (χ1v) is 9.28. The third-order valence-corrected chi connectivity index (χ3v) is 4.17. The van der Waals surface area contributed by atoms with Gasteiger partial charge in [-0.25, -0.2) is 0 Å². The second kappa shape index (κ2) is 9.54. The van der Waals surface area contributed by atoms with Crippen LogP contribution in [0.25, 0.3) is 0 Å². The molecule has 7 heteroatoms. The zero-order valence-corrected chi connectivity index (χ0v) is 17.2. The molecule has 26 heavy (non-hydrogen) atoms.